The van der Waals surface area contributed by atoms with Crippen molar-refractivity contribution >= 4 is 5.95 Å². The zero-order valence-electron chi connectivity index (χ0n) is 12.1. The number of benzene rings is 1. The highest BCUT2D eigenvalue weighted by Crippen LogP contribution is 2.16. The molecule has 4 heteroatoms. The minimum atomic E-state index is 0.0769. The molecule has 102 valence electrons. The first-order chi connectivity index (χ1) is 9.00. The molecule has 0 saturated heterocycles. The second-order valence-corrected chi connectivity index (χ2v) is 5.52. The number of imidazole rings is 1. The first-order valence-corrected chi connectivity index (χ1v) is 6.51. The van der Waals surface area contributed by atoms with Gasteiger partial charge in [-0.2, -0.15) is 0 Å². The summed E-state index contributed by atoms with van der Waals surface area (Å²) in [4.78, 5) is 6.59. The van der Waals surface area contributed by atoms with E-state index in [1.807, 2.05) is 30.6 Å². The van der Waals surface area contributed by atoms with Crippen LogP contribution < -0.4 is 5.32 Å². The van der Waals surface area contributed by atoms with E-state index in [-0.39, 0.29) is 5.54 Å². The van der Waals surface area contributed by atoms with Gasteiger partial charge in [-0.15, -0.1) is 0 Å². The minimum absolute atomic E-state index is 0.0769. The largest absolute Gasteiger partial charge is 0.354 e. The van der Waals surface area contributed by atoms with Gasteiger partial charge in [-0.25, -0.2) is 4.98 Å². The van der Waals surface area contributed by atoms with Crippen molar-refractivity contribution in [2.45, 2.75) is 19.4 Å². The van der Waals surface area contributed by atoms with Crippen molar-refractivity contribution in [1.82, 2.24) is 14.5 Å². The van der Waals surface area contributed by atoms with Gasteiger partial charge in [0, 0.05) is 30.2 Å². The number of nitrogens with one attached hydrogen (secondary N) is 1. The van der Waals surface area contributed by atoms with Crippen LogP contribution in [0.15, 0.2) is 42.7 Å². The lowest BCUT2D eigenvalue weighted by Gasteiger charge is -2.32. The van der Waals surface area contributed by atoms with Crippen LogP contribution in [0.25, 0.3) is 5.69 Å². The third kappa shape index (κ3) is 3.15. The van der Waals surface area contributed by atoms with Crippen LogP contribution in [0, 0.1) is 0 Å². The maximum atomic E-state index is 4.39. The molecule has 0 bridgehead atoms. The summed E-state index contributed by atoms with van der Waals surface area (Å²) in [5.74, 6) is 0.876. The van der Waals surface area contributed by atoms with E-state index in [4.69, 9.17) is 0 Å². The Morgan fingerprint density at radius 1 is 1.21 bits per heavy atom. The predicted molar refractivity (Wildman–Crippen MR) is 79.8 cm³/mol. The van der Waals surface area contributed by atoms with Gasteiger partial charge in [-0.1, -0.05) is 18.2 Å². The number of anilines is 1. The summed E-state index contributed by atoms with van der Waals surface area (Å²) < 4.78 is 2.06. The molecule has 0 atom stereocenters. The monoisotopic (exact) mass is 258 g/mol. The Hall–Kier alpha value is -1.81. The molecule has 1 heterocycles. The molecule has 1 aromatic heterocycles. The Morgan fingerprint density at radius 2 is 1.89 bits per heavy atom. The smallest absolute Gasteiger partial charge is 0.207 e. The average Bonchev–Trinajstić information content (AvgIpc) is 2.85. The number of likely N-dealkylation sites (N-methyl/N-ethyl adjacent to an activating group) is 1. The SMILES string of the molecule is CN(C)C(C)(C)CNc1nccn1-c1ccccc1. The molecule has 0 aliphatic heterocycles. The van der Waals surface area contributed by atoms with E-state index < -0.39 is 0 Å². The third-order valence-electron chi connectivity index (χ3n) is 3.56. The standard InChI is InChI=1S/C15H22N4/c1-15(2,18(3)4)12-17-14-16-10-11-19(14)13-8-6-5-7-9-13/h5-11H,12H2,1-4H3,(H,16,17). The summed E-state index contributed by atoms with van der Waals surface area (Å²) in [5, 5.41) is 3.42. The molecule has 0 spiro atoms. The van der Waals surface area contributed by atoms with Gasteiger partial charge in [-0.3, -0.25) is 4.57 Å². The predicted octanol–water partition coefficient (Wildman–Crippen LogP) is 2.62. The van der Waals surface area contributed by atoms with E-state index >= 15 is 0 Å². The van der Waals surface area contributed by atoms with Crippen LogP contribution in [0.2, 0.25) is 0 Å². The van der Waals surface area contributed by atoms with E-state index in [9.17, 15) is 0 Å². The highest BCUT2D eigenvalue weighted by atomic mass is 15.2. The zero-order chi connectivity index (χ0) is 13.9. The minimum Gasteiger partial charge on any atom is -0.354 e. The van der Waals surface area contributed by atoms with Crippen molar-refractivity contribution in [2.75, 3.05) is 26.0 Å². The Bertz CT molecular complexity index is 514. The van der Waals surface area contributed by atoms with Crippen molar-refractivity contribution in [3.63, 3.8) is 0 Å². The lowest BCUT2D eigenvalue weighted by molar-refractivity contribution is 0.209. The first kappa shape index (κ1) is 13.6. The van der Waals surface area contributed by atoms with Crippen LogP contribution in [0.4, 0.5) is 5.95 Å². The van der Waals surface area contributed by atoms with E-state index in [0.29, 0.717) is 0 Å². The Morgan fingerprint density at radius 3 is 2.53 bits per heavy atom. The Kier molecular flexibility index (Phi) is 3.90. The fraction of sp³-hybridized carbons (Fsp3) is 0.400. The highest BCUT2D eigenvalue weighted by molar-refractivity contribution is 5.41. The number of rotatable bonds is 5. The molecular formula is C15H22N4. The summed E-state index contributed by atoms with van der Waals surface area (Å²) in [6, 6.07) is 10.2. The molecule has 19 heavy (non-hydrogen) atoms. The topological polar surface area (TPSA) is 33.1 Å². The van der Waals surface area contributed by atoms with Crippen molar-refractivity contribution in [3.05, 3.63) is 42.7 Å². The van der Waals surface area contributed by atoms with Gasteiger partial charge >= 0.3 is 0 Å². The maximum absolute atomic E-state index is 4.39. The quantitative estimate of drug-likeness (QED) is 0.895. The average molecular weight is 258 g/mol. The molecule has 2 rings (SSSR count). The molecule has 1 aromatic carbocycles. The van der Waals surface area contributed by atoms with Crippen LogP contribution in [0.5, 0.6) is 0 Å². The second-order valence-electron chi connectivity index (χ2n) is 5.52. The molecule has 0 fully saturated rings. The van der Waals surface area contributed by atoms with E-state index in [2.05, 4.69) is 59.8 Å². The molecule has 0 saturated carbocycles. The highest BCUT2D eigenvalue weighted by Gasteiger charge is 2.20. The van der Waals surface area contributed by atoms with E-state index in [0.717, 1.165) is 18.2 Å². The van der Waals surface area contributed by atoms with Gasteiger partial charge in [0.15, 0.2) is 0 Å². The summed E-state index contributed by atoms with van der Waals surface area (Å²) in [5.41, 5.74) is 1.19. The van der Waals surface area contributed by atoms with Crippen LogP contribution in [0.3, 0.4) is 0 Å². The fourth-order valence-corrected chi connectivity index (χ4v) is 1.68. The van der Waals surface area contributed by atoms with E-state index in [1.54, 1.807) is 0 Å². The number of nitrogens with zero attached hydrogens (tertiary/aromatic N) is 3. The van der Waals surface area contributed by atoms with Crippen molar-refractivity contribution in [3.8, 4) is 5.69 Å². The molecule has 0 amide bonds. The number of hydrogen-bond donors (Lipinski definition) is 1. The van der Waals surface area contributed by atoms with Crippen LogP contribution in [0.1, 0.15) is 13.8 Å². The molecule has 0 unspecified atom stereocenters. The third-order valence-corrected chi connectivity index (χ3v) is 3.56. The summed E-state index contributed by atoms with van der Waals surface area (Å²) >= 11 is 0. The summed E-state index contributed by atoms with van der Waals surface area (Å²) in [7, 11) is 4.18. The first-order valence-electron chi connectivity index (χ1n) is 6.51. The zero-order valence-corrected chi connectivity index (χ0v) is 12.1. The molecular weight excluding hydrogens is 236 g/mol. The summed E-state index contributed by atoms with van der Waals surface area (Å²) in [6.07, 6.45) is 3.79. The lowest BCUT2D eigenvalue weighted by Crippen LogP contribution is -2.44. The molecule has 0 radical (unpaired) electrons. The number of para-hydroxylation sites is 1. The van der Waals surface area contributed by atoms with Crippen molar-refractivity contribution < 1.29 is 0 Å². The van der Waals surface area contributed by atoms with Gasteiger partial charge in [0.1, 0.15) is 0 Å². The van der Waals surface area contributed by atoms with Crippen LogP contribution >= 0.6 is 0 Å². The van der Waals surface area contributed by atoms with Crippen molar-refractivity contribution in [2.24, 2.45) is 0 Å². The Labute approximate surface area is 115 Å². The number of aromatic nitrogens is 2. The van der Waals surface area contributed by atoms with Gasteiger partial charge in [-0.05, 0) is 40.1 Å². The van der Waals surface area contributed by atoms with Gasteiger partial charge in [0.25, 0.3) is 0 Å². The molecule has 2 aromatic rings. The lowest BCUT2D eigenvalue weighted by atomic mass is 10.1. The normalized spacial score (nSPS) is 11.8. The van der Waals surface area contributed by atoms with Gasteiger partial charge < -0.3 is 10.2 Å². The molecule has 1 N–H and O–H groups in total. The van der Waals surface area contributed by atoms with Crippen LogP contribution in [-0.4, -0.2) is 40.6 Å². The van der Waals surface area contributed by atoms with E-state index in [1.165, 1.54) is 0 Å². The molecule has 4 nitrogen and oxygen atoms in total. The Balaban J connectivity index is 2.13. The molecule has 0 aliphatic carbocycles. The van der Waals surface area contributed by atoms with Gasteiger partial charge in [0.05, 0.1) is 0 Å². The maximum Gasteiger partial charge on any atom is 0.207 e. The fourth-order valence-electron chi connectivity index (χ4n) is 1.68. The second kappa shape index (κ2) is 5.45. The van der Waals surface area contributed by atoms with Gasteiger partial charge in [0.2, 0.25) is 5.95 Å². The number of hydrogen-bond acceptors (Lipinski definition) is 3. The van der Waals surface area contributed by atoms with Crippen LogP contribution in [-0.2, 0) is 0 Å². The molecule has 0 aliphatic rings. The van der Waals surface area contributed by atoms with Crippen molar-refractivity contribution in [1.29, 1.82) is 0 Å². The summed E-state index contributed by atoms with van der Waals surface area (Å²) in [6.45, 7) is 5.25.